The number of hydrogen-bond acceptors (Lipinski definition) is 4. The first-order valence-electron chi connectivity index (χ1n) is 6.68. The van der Waals surface area contributed by atoms with E-state index in [4.69, 9.17) is 4.74 Å². The summed E-state index contributed by atoms with van der Waals surface area (Å²) in [5, 5.41) is 3.60. The van der Waals surface area contributed by atoms with Crippen molar-refractivity contribution < 1.29 is 4.74 Å². The van der Waals surface area contributed by atoms with Gasteiger partial charge in [0.25, 0.3) is 0 Å². The van der Waals surface area contributed by atoms with Crippen LogP contribution in [0.3, 0.4) is 0 Å². The second-order valence-electron chi connectivity index (χ2n) is 4.56. The van der Waals surface area contributed by atoms with Gasteiger partial charge < -0.3 is 10.1 Å². The lowest BCUT2D eigenvalue weighted by Crippen LogP contribution is -2.24. The van der Waals surface area contributed by atoms with Crippen LogP contribution in [0, 0.1) is 0 Å². The van der Waals surface area contributed by atoms with Crippen LogP contribution in [-0.4, -0.2) is 18.6 Å². The Bertz CT molecular complexity index is 531. The largest absolute Gasteiger partial charge is 0.496 e. The van der Waals surface area contributed by atoms with Gasteiger partial charge in [0.1, 0.15) is 5.75 Å². The monoisotopic (exact) mass is 354 g/mol. The highest BCUT2D eigenvalue weighted by molar-refractivity contribution is 9.10. The fraction of sp³-hybridized carbons (Fsp3) is 0.400. The molecule has 3 nitrogen and oxygen atoms in total. The van der Waals surface area contributed by atoms with Gasteiger partial charge in [-0.15, -0.1) is 11.3 Å². The Kier molecular flexibility index (Phi) is 6.01. The molecule has 0 amide bonds. The molecule has 1 aromatic carbocycles. The fourth-order valence-corrected chi connectivity index (χ4v) is 3.11. The van der Waals surface area contributed by atoms with Crippen molar-refractivity contribution >= 4 is 27.3 Å². The van der Waals surface area contributed by atoms with Crippen molar-refractivity contribution in [3.8, 4) is 5.75 Å². The van der Waals surface area contributed by atoms with Gasteiger partial charge in [-0.3, -0.25) is 4.98 Å². The lowest BCUT2D eigenvalue weighted by atomic mass is 10.0. The van der Waals surface area contributed by atoms with E-state index in [-0.39, 0.29) is 6.04 Å². The smallest absolute Gasteiger partial charge is 0.124 e. The summed E-state index contributed by atoms with van der Waals surface area (Å²) < 4.78 is 6.56. The number of methoxy groups -OCH3 is 1. The van der Waals surface area contributed by atoms with Crippen LogP contribution in [0.2, 0.25) is 0 Å². The van der Waals surface area contributed by atoms with Gasteiger partial charge in [0, 0.05) is 33.6 Å². The van der Waals surface area contributed by atoms with Crippen LogP contribution in [0.15, 0.2) is 34.4 Å². The zero-order valence-corrected chi connectivity index (χ0v) is 14.1. The molecular weight excluding hydrogens is 336 g/mol. The number of thiazole rings is 1. The van der Waals surface area contributed by atoms with Crippen LogP contribution in [-0.2, 0) is 6.42 Å². The van der Waals surface area contributed by atoms with Crippen molar-refractivity contribution in [2.45, 2.75) is 25.8 Å². The molecule has 5 heteroatoms. The molecule has 0 radical (unpaired) electrons. The molecule has 0 aliphatic heterocycles. The molecule has 0 spiro atoms. The maximum absolute atomic E-state index is 5.52. The Balaban J connectivity index is 2.25. The van der Waals surface area contributed by atoms with Crippen LogP contribution >= 0.6 is 27.3 Å². The Morgan fingerprint density at radius 3 is 2.95 bits per heavy atom. The van der Waals surface area contributed by atoms with E-state index in [2.05, 4.69) is 45.3 Å². The van der Waals surface area contributed by atoms with Crippen molar-refractivity contribution in [3.63, 3.8) is 0 Å². The molecule has 0 bridgehead atoms. The number of nitrogens with zero attached hydrogens (tertiary/aromatic N) is 1. The van der Waals surface area contributed by atoms with Crippen LogP contribution in [0.4, 0.5) is 0 Å². The molecule has 2 rings (SSSR count). The Hall–Kier alpha value is -0.910. The Labute approximate surface area is 132 Å². The highest BCUT2D eigenvalue weighted by Gasteiger charge is 2.17. The topological polar surface area (TPSA) is 34.2 Å². The predicted molar refractivity (Wildman–Crippen MR) is 87.5 cm³/mol. The van der Waals surface area contributed by atoms with Gasteiger partial charge in [0.05, 0.1) is 12.6 Å². The summed E-state index contributed by atoms with van der Waals surface area (Å²) >= 11 is 5.19. The van der Waals surface area contributed by atoms with E-state index in [0.717, 1.165) is 29.6 Å². The number of ether oxygens (including phenoxy) is 1. The minimum atomic E-state index is 0.249. The number of aromatic nitrogens is 1. The average molecular weight is 355 g/mol. The van der Waals surface area contributed by atoms with E-state index in [0.29, 0.717) is 0 Å². The van der Waals surface area contributed by atoms with Crippen molar-refractivity contribution in [1.29, 1.82) is 0 Å². The second-order valence-corrected chi connectivity index (χ2v) is 6.45. The lowest BCUT2D eigenvalue weighted by Gasteiger charge is -2.21. The highest BCUT2D eigenvalue weighted by Crippen LogP contribution is 2.31. The van der Waals surface area contributed by atoms with Crippen molar-refractivity contribution in [2.75, 3.05) is 13.7 Å². The summed E-state index contributed by atoms with van der Waals surface area (Å²) in [4.78, 5) is 5.44. The quantitative estimate of drug-likeness (QED) is 0.808. The molecular formula is C15H19BrN2OS. The minimum Gasteiger partial charge on any atom is -0.496 e. The third-order valence-corrected chi connectivity index (χ3v) is 4.40. The van der Waals surface area contributed by atoms with Gasteiger partial charge in [-0.25, -0.2) is 0 Å². The molecule has 0 aliphatic carbocycles. The normalized spacial score (nSPS) is 12.3. The Morgan fingerprint density at radius 2 is 2.30 bits per heavy atom. The average Bonchev–Trinajstić information content (AvgIpc) is 2.96. The van der Waals surface area contributed by atoms with Gasteiger partial charge in [0.15, 0.2) is 0 Å². The molecule has 0 saturated heterocycles. The van der Waals surface area contributed by atoms with Gasteiger partial charge in [-0.2, -0.15) is 0 Å². The maximum atomic E-state index is 5.52. The van der Waals surface area contributed by atoms with Gasteiger partial charge in [0.2, 0.25) is 0 Å². The summed E-state index contributed by atoms with van der Waals surface area (Å²) in [5.41, 5.74) is 3.07. The molecule has 1 atom stereocenters. The number of rotatable bonds is 7. The van der Waals surface area contributed by atoms with Gasteiger partial charge in [-0.05, 0) is 25.1 Å². The third kappa shape index (κ3) is 4.04. The fourth-order valence-electron chi connectivity index (χ4n) is 2.13. The molecule has 20 heavy (non-hydrogen) atoms. The summed E-state index contributed by atoms with van der Waals surface area (Å²) in [6.07, 6.45) is 3.98. The van der Waals surface area contributed by atoms with Gasteiger partial charge in [-0.1, -0.05) is 28.9 Å². The lowest BCUT2D eigenvalue weighted by molar-refractivity contribution is 0.398. The SMILES string of the molecule is CCCNC(Cc1cncs1)c1ccc(Br)cc1OC. The second kappa shape index (κ2) is 7.76. The standard InChI is InChI=1S/C15H19BrN2OS/c1-3-6-18-14(8-12-9-17-10-20-12)13-5-4-11(16)7-15(13)19-2/h4-5,7,9-10,14,18H,3,6,8H2,1-2H3. The molecule has 0 fully saturated rings. The first-order chi connectivity index (χ1) is 9.74. The molecule has 0 saturated carbocycles. The third-order valence-electron chi connectivity index (χ3n) is 3.10. The van der Waals surface area contributed by atoms with E-state index in [9.17, 15) is 0 Å². The number of hydrogen-bond donors (Lipinski definition) is 1. The zero-order chi connectivity index (χ0) is 14.4. The van der Waals surface area contributed by atoms with E-state index in [1.165, 1.54) is 10.4 Å². The van der Waals surface area contributed by atoms with E-state index < -0.39 is 0 Å². The first-order valence-corrected chi connectivity index (χ1v) is 8.36. The zero-order valence-electron chi connectivity index (χ0n) is 11.7. The minimum absolute atomic E-state index is 0.249. The van der Waals surface area contributed by atoms with E-state index >= 15 is 0 Å². The van der Waals surface area contributed by atoms with E-state index in [1.807, 2.05) is 17.8 Å². The maximum Gasteiger partial charge on any atom is 0.124 e. The molecule has 108 valence electrons. The van der Waals surface area contributed by atoms with Crippen molar-refractivity contribution in [2.24, 2.45) is 0 Å². The molecule has 1 aromatic heterocycles. The predicted octanol–water partition coefficient (Wildman–Crippen LogP) is 4.20. The van der Waals surface area contributed by atoms with Crippen LogP contribution in [0.1, 0.15) is 29.8 Å². The molecule has 1 unspecified atom stereocenters. The van der Waals surface area contributed by atoms with Crippen LogP contribution in [0.5, 0.6) is 5.75 Å². The van der Waals surface area contributed by atoms with Crippen LogP contribution in [0.25, 0.3) is 0 Å². The molecule has 2 aromatic rings. The highest BCUT2D eigenvalue weighted by atomic mass is 79.9. The summed E-state index contributed by atoms with van der Waals surface area (Å²) in [6.45, 7) is 3.16. The van der Waals surface area contributed by atoms with Crippen LogP contribution < -0.4 is 10.1 Å². The number of nitrogens with one attached hydrogen (secondary N) is 1. The Morgan fingerprint density at radius 1 is 1.45 bits per heavy atom. The van der Waals surface area contributed by atoms with Crippen molar-refractivity contribution in [1.82, 2.24) is 10.3 Å². The summed E-state index contributed by atoms with van der Waals surface area (Å²) in [6, 6.07) is 6.45. The molecule has 1 heterocycles. The number of halogens is 1. The van der Waals surface area contributed by atoms with Crippen molar-refractivity contribution in [3.05, 3.63) is 44.8 Å². The van der Waals surface area contributed by atoms with Gasteiger partial charge >= 0.3 is 0 Å². The first kappa shape index (κ1) is 15.5. The molecule has 0 aliphatic rings. The summed E-state index contributed by atoms with van der Waals surface area (Å²) in [7, 11) is 1.72. The molecule has 1 N–H and O–H groups in total. The number of benzene rings is 1. The van der Waals surface area contributed by atoms with E-state index in [1.54, 1.807) is 18.4 Å². The summed E-state index contributed by atoms with van der Waals surface area (Å²) in [5.74, 6) is 0.914.